The van der Waals surface area contributed by atoms with E-state index >= 15 is 0 Å². The van der Waals surface area contributed by atoms with Crippen molar-refractivity contribution >= 4 is 17.7 Å². The van der Waals surface area contributed by atoms with Gasteiger partial charge in [-0.15, -0.1) is 11.8 Å². The van der Waals surface area contributed by atoms with Crippen molar-refractivity contribution in [2.24, 2.45) is 0 Å². The summed E-state index contributed by atoms with van der Waals surface area (Å²) in [5, 5.41) is 0. The summed E-state index contributed by atoms with van der Waals surface area (Å²) in [5.74, 6) is -0.306. The van der Waals surface area contributed by atoms with Gasteiger partial charge in [0, 0.05) is 4.90 Å². The number of carbonyl (C=O) groups is 1. The van der Waals surface area contributed by atoms with Crippen LogP contribution in [0.1, 0.15) is 10.4 Å². The number of esters is 1. The van der Waals surface area contributed by atoms with Crippen LogP contribution in [0.25, 0.3) is 11.1 Å². The lowest BCUT2D eigenvalue weighted by atomic mass is 10.0. The van der Waals surface area contributed by atoms with Gasteiger partial charge in [0.15, 0.2) is 0 Å². The molecule has 92 valence electrons. The summed E-state index contributed by atoms with van der Waals surface area (Å²) in [5.41, 5.74) is 2.81. The van der Waals surface area contributed by atoms with Crippen LogP contribution in [0.3, 0.4) is 0 Å². The first-order valence-corrected chi connectivity index (χ1v) is 6.80. The molecule has 3 heteroatoms. The first-order chi connectivity index (χ1) is 8.74. The Morgan fingerprint density at radius 3 is 1.89 bits per heavy atom. The number of hydrogen-bond donors (Lipinski definition) is 0. The van der Waals surface area contributed by atoms with Crippen LogP contribution in [0, 0.1) is 0 Å². The average Bonchev–Trinajstić information content (AvgIpc) is 2.47. The quantitative estimate of drug-likeness (QED) is 0.617. The van der Waals surface area contributed by atoms with Crippen LogP contribution < -0.4 is 0 Å². The van der Waals surface area contributed by atoms with Crippen LogP contribution in [0.4, 0.5) is 0 Å². The fraction of sp³-hybridized carbons (Fsp3) is 0.133. The highest BCUT2D eigenvalue weighted by Crippen LogP contribution is 2.23. The Bertz CT molecular complexity index is 529. The molecular weight excluding hydrogens is 244 g/mol. The fourth-order valence-corrected chi connectivity index (χ4v) is 2.11. The van der Waals surface area contributed by atoms with Crippen LogP contribution in [-0.2, 0) is 4.74 Å². The highest BCUT2D eigenvalue weighted by Gasteiger charge is 2.05. The normalized spacial score (nSPS) is 10.1. The zero-order valence-electron chi connectivity index (χ0n) is 10.3. The molecule has 0 unspecified atom stereocenters. The van der Waals surface area contributed by atoms with Crippen molar-refractivity contribution in [1.82, 2.24) is 0 Å². The van der Waals surface area contributed by atoms with Crippen molar-refractivity contribution in [2.45, 2.75) is 4.90 Å². The third kappa shape index (κ3) is 2.74. The van der Waals surface area contributed by atoms with Crippen molar-refractivity contribution in [2.75, 3.05) is 13.4 Å². The number of ether oxygens (including phenoxy) is 1. The van der Waals surface area contributed by atoms with E-state index in [1.54, 1.807) is 23.9 Å². The maximum atomic E-state index is 11.3. The lowest BCUT2D eigenvalue weighted by Crippen LogP contribution is -2.00. The van der Waals surface area contributed by atoms with E-state index in [-0.39, 0.29) is 5.97 Å². The molecule has 0 heterocycles. The largest absolute Gasteiger partial charge is 0.465 e. The van der Waals surface area contributed by atoms with E-state index in [9.17, 15) is 4.79 Å². The molecule has 0 spiro atoms. The van der Waals surface area contributed by atoms with Crippen LogP contribution in [0.2, 0.25) is 0 Å². The van der Waals surface area contributed by atoms with E-state index < -0.39 is 0 Å². The molecule has 0 atom stereocenters. The Balaban J connectivity index is 2.25. The Labute approximate surface area is 111 Å². The van der Waals surface area contributed by atoms with Crippen LogP contribution in [0.5, 0.6) is 0 Å². The van der Waals surface area contributed by atoms with Crippen LogP contribution in [-0.4, -0.2) is 19.3 Å². The molecule has 0 fully saturated rings. The van der Waals surface area contributed by atoms with Gasteiger partial charge in [-0.25, -0.2) is 4.79 Å². The first-order valence-electron chi connectivity index (χ1n) is 5.57. The number of hydrogen-bond acceptors (Lipinski definition) is 3. The lowest BCUT2D eigenvalue weighted by molar-refractivity contribution is 0.0601. The van der Waals surface area contributed by atoms with E-state index in [1.165, 1.54) is 12.0 Å². The summed E-state index contributed by atoms with van der Waals surface area (Å²) < 4.78 is 4.67. The molecule has 0 aliphatic rings. The predicted molar refractivity (Wildman–Crippen MR) is 75.0 cm³/mol. The number of thioether (sulfide) groups is 1. The van der Waals surface area contributed by atoms with E-state index in [1.807, 2.05) is 12.1 Å². The molecule has 0 radical (unpaired) electrons. The Hall–Kier alpha value is -1.74. The van der Waals surface area contributed by atoms with Gasteiger partial charge >= 0.3 is 5.97 Å². The minimum Gasteiger partial charge on any atom is -0.465 e. The van der Waals surface area contributed by atoms with E-state index in [0.29, 0.717) is 5.56 Å². The van der Waals surface area contributed by atoms with Gasteiger partial charge in [0.1, 0.15) is 0 Å². The molecule has 0 bridgehead atoms. The molecule has 2 nitrogen and oxygen atoms in total. The van der Waals surface area contributed by atoms with Gasteiger partial charge in [-0.05, 0) is 41.6 Å². The number of carbonyl (C=O) groups excluding carboxylic acids is 1. The highest BCUT2D eigenvalue weighted by molar-refractivity contribution is 7.98. The SMILES string of the molecule is COC(=O)c1ccc(-c2ccc(SC)cc2)cc1. The molecule has 0 aliphatic heterocycles. The molecule has 2 aromatic rings. The third-order valence-electron chi connectivity index (χ3n) is 2.73. The molecule has 0 saturated carbocycles. The summed E-state index contributed by atoms with van der Waals surface area (Å²) in [6.07, 6.45) is 2.06. The van der Waals surface area contributed by atoms with Gasteiger partial charge in [-0.2, -0.15) is 0 Å². The van der Waals surface area contributed by atoms with Gasteiger partial charge in [0.05, 0.1) is 12.7 Å². The smallest absolute Gasteiger partial charge is 0.337 e. The molecule has 0 amide bonds. The summed E-state index contributed by atoms with van der Waals surface area (Å²) in [4.78, 5) is 12.6. The Kier molecular flexibility index (Phi) is 4.05. The Morgan fingerprint density at radius 1 is 0.944 bits per heavy atom. The number of rotatable bonds is 3. The maximum Gasteiger partial charge on any atom is 0.337 e. The summed E-state index contributed by atoms with van der Waals surface area (Å²) in [6.45, 7) is 0. The molecular formula is C15H14O2S. The maximum absolute atomic E-state index is 11.3. The highest BCUT2D eigenvalue weighted by atomic mass is 32.2. The second-order valence-electron chi connectivity index (χ2n) is 3.80. The average molecular weight is 258 g/mol. The zero-order chi connectivity index (χ0) is 13.0. The van der Waals surface area contributed by atoms with Crippen molar-refractivity contribution in [3.8, 4) is 11.1 Å². The number of methoxy groups -OCH3 is 1. The van der Waals surface area contributed by atoms with Crippen molar-refractivity contribution in [3.05, 3.63) is 54.1 Å². The minimum atomic E-state index is -0.306. The van der Waals surface area contributed by atoms with Gasteiger partial charge < -0.3 is 4.74 Å². The van der Waals surface area contributed by atoms with Crippen LogP contribution >= 0.6 is 11.8 Å². The second-order valence-corrected chi connectivity index (χ2v) is 4.68. The van der Waals surface area contributed by atoms with Gasteiger partial charge in [-0.3, -0.25) is 0 Å². The Morgan fingerprint density at radius 2 is 1.44 bits per heavy atom. The summed E-state index contributed by atoms with van der Waals surface area (Å²) in [6, 6.07) is 15.8. The second kappa shape index (κ2) is 5.74. The molecule has 18 heavy (non-hydrogen) atoms. The van der Waals surface area contributed by atoms with Gasteiger partial charge in [0.25, 0.3) is 0 Å². The molecule has 2 rings (SSSR count). The lowest BCUT2D eigenvalue weighted by Gasteiger charge is -2.04. The minimum absolute atomic E-state index is 0.306. The molecule has 0 N–H and O–H groups in total. The van der Waals surface area contributed by atoms with Gasteiger partial charge in [-0.1, -0.05) is 24.3 Å². The van der Waals surface area contributed by atoms with Crippen molar-refractivity contribution < 1.29 is 9.53 Å². The van der Waals surface area contributed by atoms with Crippen molar-refractivity contribution in [3.63, 3.8) is 0 Å². The van der Waals surface area contributed by atoms with Crippen LogP contribution in [0.15, 0.2) is 53.4 Å². The topological polar surface area (TPSA) is 26.3 Å². The predicted octanol–water partition coefficient (Wildman–Crippen LogP) is 3.86. The third-order valence-corrected chi connectivity index (χ3v) is 3.47. The molecule has 0 aliphatic carbocycles. The van der Waals surface area contributed by atoms with Crippen molar-refractivity contribution in [1.29, 1.82) is 0 Å². The zero-order valence-corrected chi connectivity index (χ0v) is 11.2. The first kappa shape index (κ1) is 12.7. The van der Waals surface area contributed by atoms with E-state index in [4.69, 9.17) is 0 Å². The van der Waals surface area contributed by atoms with Gasteiger partial charge in [0.2, 0.25) is 0 Å². The monoisotopic (exact) mass is 258 g/mol. The molecule has 2 aromatic carbocycles. The van der Waals surface area contributed by atoms with E-state index in [2.05, 4.69) is 35.3 Å². The fourth-order valence-electron chi connectivity index (χ4n) is 1.70. The number of benzene rings is 2. The molecule has 0 saturated heterocycles. The summed E-state index contributed by atoms with van der Waals surface area (Å²) >= 11 is 1.72. The standard InChI is InChI=1S/C15H14O2S/c1-17-15(16)13-5-3-11(4-6-13)12-7-9-14(18-2)10-8-12/h3-10H,1-2H3. The molecule has 0 aromatic heterocycles. The van der Waals surface area contributed by atoms with E-state index in [0.717, 1.165) is 11.1 Å². The summed E-state index contributed by atoms with van der Waals surface area (Å²) in [7, 11) is 1.39.